The topological polar surface area (TPSA) is 48.9 Å². The molecule has 1 aliphatic heterocycles. The average Bonchev–Trinajstić information content (AvgIpc) is 3.09. The summed E-state index contributed by atoms with van der Waals surface area (Å²) >= 11 is 0. The Bertz CT molecular complexity index is 542. The number of anilines is 1. The van der Waals surface area contributed by atoms with Gasteiger partial charge < -0.3 is 15.2 Å². The van der Waals surface area contributed by atoms with Crippen molar-refractivity contribution in [3.63, 3.8) is 0 Å². The number of H-pyrrole nitrogens is 1. The van der Waals surface area contributed by atoms with E-state index in [9.17, 15) is 8.78 Å². The Morgan fingerprint density at radius 3 is 2.74 bits per heavy atom. The van der Waals surface area contributed by atoms with Crippen LogP contribution >= 0.6 is 0 Å². The standard InChI is InChI=1S/C12H15F2N5/c13-12(14)19-8-9(6-17-19)11-5-10(7-16-11)18-3-1-15-2-4-18/h5-8,12,15-16H,1-4H2. The van der Waals surface area contributed by atoms with E-state index in [0.717, 1.165) is 37.6 Å². The van der Waals surface area contributed by atoms with Crippen LogP contribution in [0.3, 0.4) is 0 Å². The number of nitrogens with zero attached hydrogens (tertiary/aromatic N) is 3. The second kappa shape index (κ2) is 5.00. The maximum absolute atomic E-state index is 12.5. The quantitative estimate of drug-likeness (QED) is 0.889. The van der Waals surface area contributed by atoms with Gasteiger partial charge in [0.25, 0.3) is 0 Å². The fourth-order valence-corrected chi connectivity index (χ4v) is 2.24. The van der Waals surface area contributed by atoms with E-state index in [1.807, 2.05) is 12.3 Å². The van der Waals surface area contributed by atoms with Crippen LogP contribution in [0.2, 0.25) is 0 Å². The highest BCUT2D eigenvalue weighted by Gasteiger charge is 2.14. The van der Waals surface area contributed by atoms with Gasteiger partial charge in [-0.15, -0.1) is 0 Å². The van der Waals surface area contributed by atoms with Crippen molar-refractivity contribution in [2.24, 2.45) is 0 Å². The van der Waals surface area contributed by atoms with Gasteiger partial charge in [0.15, 0.2) is 0 Å². The molecule has 0 aromatic carbocycles. The van der Waals surface area contributed by atoms with Crippen LogP contribution in [-0.2, 0) is 0 Å². The minimum absolute atomic E-state index is 0.653. The first kappa shape index (κ1) is 12.2. The molecule has 1 fully saturated rings. The molecule has 102 valence electrons. The third-order valence-corrected chi connectivity index (χ3v) is 3.26. The molecule has 0 radical (unpaired) electrons. The van der Waals surface area contributed by atoms with Crippen molar-refractivity contribution >= 4 is 5.69 Å². The minimum atomic E-state index is -2.60. The minimum Gasteiger partial charge on any atom is -0.368 e. The van der Waals surface area contributed by atoms with Crippen molar-refractivity contribution in [3.8, 4) is 11.3 Å². The number of rotatable bonds is 3. The lowest BCUT2D eigenvalue weighted by atomic mass is 10.2. The average molecular weight is 267 g/mol. The first-order chi connectivity index (χ1) is 9.24. The van der Waals surface area contributed by atoms with Crippen LogP contribution in [0.15, 0.2) is 24.7 Å². The molecule has 19 heavy (non-hydrogen) atoms. The van der Waals surface area contributed by atoms with E-state index in [2.05, 4.69) is 20.3 Å². The summed E-state index contributed by atoms with van der Waals surface area (Å²) in [6.45, 7) is 1.23. The Balaban J connectivity index is 1.79. The van der Waals surface area contributed by atoms with Crippen LogP contribution in [0.5, 0.6) is 0 Å². The number of alkyl halides is 2. The smallest absolute Gasteiger partial charge is 0.333 e. The molecule has 0 amide bonds. The number of piperazine rings is 1. The van der Waals surface area contributed by atoms with Gasteiger partial charge in [-0.3, -0.25) is 0 Å². The van der Waals surface area contributed by atoms with Gasteiger partial charge in [0, 0.05) is 44.1 Å². The van der Waals surface area contributed by atoms with E-state index in [4.69, 9.17) is 0 Å². The van der Waals surface area contributed by atoms with Gasteiger partial charge in [0.05, 0.1) is 17.6 Å². The highest BCUT2D eigenvalue weighted by Crippen LogP contribution is 2.25. The predicted octanol–water partition coefficient (Wildman–Crippen LogP) is 1.68. The predicted molar refractivity (Wildman–Crippen MR) is 68.3 cm³/mol. The zero-order chi connectivity index (χ0) is 13.2. The van der Waals surface area contributed by atoms with Crippen LogP contribution in [0, 0.1) is 0 Å². The fourth-order valence-electron chi connectivity index (χ4n) is 2.24. The van der Waals surface area contributed by atoms with Gasteiger partial charge in [0.2, 0.25) is 0 Å². The van der Waals surface area contributed by atoms with Gasteiger partial charge in [-0.1, -0.05) is 0 Å². The van der Waals surface area contributed by atoms with Gasteiger partial charge in [-0.2, -0.15) is 13.9 Å². The van der Waals surface area contributed by atoms with Crippen molar-refractivity contribution in [2.75, 3.05) is 31.1 Å². The number of aromatic nitrogens is 3. The zero-order valence-electron chi connectivity index (χ0n) is 10.3. The van der Waals surface area contributed by atoms with Crippen molar-refractivity contribution in [1.82, 2.24) is 20.1 Å². The van der Waals surface area contributed by atoms with Crippen LogP contribution < -0.4 is 10.2 Å². The molecule has 3 heterocycles. The largest absolute Gasteiger partial charge is 0.368 e. The normalized spacial score (nSPS) is 16.3. The van der Waals surface area contributed by atoms with E-state index in [1.165, 1.54) is 12.4 Å². The molecule has 5 nitrogen and oxygen atoms in total. The SMILES string of the molecule is FC(F)n1cc(-c2cc(N3CCNCC3)c[nH]2)cn1. The maximum Gasteiger partial charge on any atom is 0.333 e. The van der Waals surface area contributed by atoms with Crippen LogP contribution in [0.4, 0.5) is 14.5 Å². The monoisotopic (exact) mass is 267 g/mol. The Kier molecular flexibility index (Phi) is 3.20. The van der Waals surface area contributed by atoms with Crippen molar-refractivity contribution in [3.05, 3.63) is 24.7 Å². The maximum atomic E-state index is 12.5. The highest BCUT2D eigenvalue weighted by molar-refractivity contribution is 5.64. The number of halogens is 2. The lowest BCUT2D eigenvalue weighted by Crippen LogP contribution is -2.43. The third kappa shape index (κ3) is 2.46. The molecule has 0 saturated carbocycles. The second-order valence-electron chi connectivity index (χ2n) is 4.50. The third-order valence-electron chi connectivity index (χ3n) is 3.26. The van der Waals surface area contributed by atoms with Crippen molar-refractivity contribution < 1.29 is 8.78 Å². The molecule has 1 aliphatic rings. The van der Waals surface area contributed by atoms with E-state index in [0.29, 0.717) is 10.2 Å². The summed E-state index contributed by atoms with van der Waals surface area (Å²) in [5, 5.41) is 6.93. The summed E-state index contributed by atoms with van der Waals surface area (Å²) in [5.41, 5.74) is 2.56. The Hall–Kier alpha value is -1.89. The van der Waals surface area contributed by atoms with Gasteiger partial charge in [-0.25, -0.2) is 4.68 Å². The number of hydrogen-bond donors (Lipinski definition) is 2. The van der Waals surface area contributed by atoms with Crippen LogP contribution in [0.25, 0.3) is 11.3 Å². The summed E-state index contributed by atoms with van der Waals surface area (Å²) in [4.78, 5) is 5.37. The fraction of sp³-hybridized carbons (Fsp3) is 0.417. The summed E-state index contributed by atoms with van der Waals surface area (Å²) in [6.07, 6.45) is 4.69. The zero-order valence-corrected chi connectivity index (χ0v) is 10.3. The van der Waals surface area contributed by atoms with Gasteiger partial charge in [0.1, 0.15) is 0 Å². The summed E-state index contributed by atoms with van der Waals surface area (Å²) in [7, 11) is 0. The van der Waals surface area contributed by atoms with Crippen LogP contribution in [-0.4, -0.2) is 40.9 Å². The Morgan fingerprint density at radius 2 is 2.05 bits per heavy atom. The summed E-state index contributed by atoms with van der Waals surface area (Å²) < 4.78 is 25.6. The van der Waals surface area contributed by atoms with E-state index in [-0.39, 0.29) is 0 Å². The first-order valence-electron chi connectivity index (χ1n) is 6.21. The molecule has 0 aliphatic carbocycles. The summed E-state index contributed by atoms with van der Waals surface area (Å²) in [6, 6.07) is 1.97. The summed E-state index contributed by atoms with van der Waals surface area (Å²) in [5.74, 6) is 0. The lowest BCUT2D eigenvalue weighted by molar-refractivity contribution is 0.0566. The molecule has 7 heteroatoms. The molecule has 2 aromatic rings. The molecule has 2 N–H and O–H groups in total. The molecule has 0 unspecified atom stereocenters. The second-order valence-corrected chi connectivity index (χ2v) is 4.50. The van der Waals surface area contributed by atoms with Crippen LogP contribution in [0.1, 0.15) is 6.55 Å². The number of aromatic amines is 1. The molecule has 0 spiro atoms. The molecular formula is C12H15F2N5. The van der Waals surface area contributed by atoms with E-state index in [1.54, 1.807) is 0 Å². The lowest BCUT2D eigenvalue weighted by Gasteiger charge is -2.28. The molecule has 3 rings (SSSR count). The van der Waals surface area contributed by atoms with Crippen molar-refractivity contribution in [2.45, 2.75) is 6.55 Å². The highest BCUT2D eigenvalue weighted by atomic mass is 19.3. The Labute approximate surface area is 109 Å². The molecule has 0 atom stereocenters. The van der Waals surface area contributed by atoms with Gasteiger partial charge >= 0.3 is 6.55 Å². The number of hydrogen-bond acceptors (Lipinski definition) is 3. The van der Waals surface area contributed by atoms with Gasteiger partial charge in [-0.05, 0) is 6.07 Å². The van der Waals surface area contributed by atoms with E-state index >= 15 is 0 Å². The Morgan fingerprint density at radius 1 is 1.26 bits per heavy atom. The number of nitrogens with one attached hydrogen (secondary N) is 2. The molecule has 1 saturated heterocycles. The molecular weight excluding hydrogens is 252 g/mol. The molecule has 0 bridgehead atoms. The van der Waals surface area contributed by atoms with Crippen molar-refractivity contribution in [1.29, 1.82) is 0 Å². The van der Waals surface area contributed by atoms with E-state index < -0.39 is 6.55 Å². The molecule has 2 aromatic heterocycles. The first-order valence-corrected chi connectivity index (χ1v) is 6.21.